The van der Waals surface area contributed by atoms with Crippen LogP contribution in [0.25, 0.3) is 0 Å². The number of hydrogen-bond donors (Lipinski definition) is 1. The molecular weight excluding hydrogens is 295 g/mol. The minimum Gasteiger partial charge on any atom is -0.393 e. The van der Waals surface area contributed by atoms with E-state index in [1.165, 1.54) is 12.1 Å². The third-order valence-electron chi connectivity index (χ3n) is 4.03. The van der Waals surface area contributed by atoms with E-state index in [2.05, 4.69) is 0 Å². The van der Waals surface area contributed by atoms with Gasteiger partial charge >= 0.3 is 6.18 Å². The maximum absolute atomic E-state index is 12.5. The van der Waals surface area contributed by atoms with Gasteiger partial charge in [0.25, 0.3) is 0 Å². The number of carbonyl (C=O) groups is 1. The number of aliphatic hydroxyl groups is 1. The fraction of sp³-hybridized carbons (Fsp3) is 0.562. The highest BCUT2D eigenvalue weighted by molar-refractivity contribution is 5.82. The Bertz CT molecular complexity index is 525. The molecular formula is C16H20F3NO2. The smallest absolute Gasteiger partial charge is 0.393 e. The molecule has 0 aliphatic heterocycles. The van der Waals surface area contributed by atoms with E-state index in [1.54, 1.807) is 18.9 Å². The molecule has 0 bridgehead atoms. The van der Waals surface area contributed by atoms with Crippen LogP contribution in [0.4, 0.5) is 13.2 Å². The number of amides is 1. The highest BCUT2D eigenvalue weighted by atomic mass is 19.4. The van der Waals surface area contributed by atoms with E-state index in [0.29, 0.717) is 19.4 Å². The standard InChI is InChI=1S/C16H20F3NO2/c1-10(21)7-8-20(2)15(22)14-9-13(14)11-3-5-12(6-4-11)16(17,18)19/h3-6,10,13-14,21H,7-9H2,1-2H3. The molecule has 0 saturated heterocycles. The largest absolute Gasteiger partial charge is 0.416 e. The second kappa shape index (κ2) is 6.28. The summed E-state index contributed by atoms with van der Waals surface area (Å²) < 4.78 is 37.5. The van der Waals surface area contributed by atoms with E-state index in [4.69, 9.17) is 0 Å². The molecule has 0 aromatic heterocycles. The lowest BCUT2D eigenvalue weighted by atomic mass is 10.1. The number of halogens is 3. The molecule has 6 heteroatoms. The quantitative estimate of drug-likeness (QED) is 0.907. The van der Waals surface area contributed by atoms with Gasteiger partial charge in [-0.15, -0.1) is 0 Å². The zero-order valence-electron chi connectivity index (χ0n) is 12.6. The summed E-state index contributed by atoms with van der Waals surface area (Å²) in [7, 11) is 1.69. The summed E-state index contributed by atoms with van der Waals surface area (Å²) in [6.45, 7) is 2.15. The van der Waals surface area contributed by atoms with Crippen LogP contribution in [-0.2, 0) is 11.0 Å². The van der Waals surface area contributed by atoms with E-state index in [1.807, 2.05) is 0 Å². The first kappa shape index (κ1) is 16.8. The second-order valence-corrected chi connectivity index (χ2v) is 5.97. The number of hydrogen-bond acceptors (Lipinski definition) is 2. The predicted octanol–water partition coefficient (Wildman–Crippen LogP) is 3.04. The second-order valence-electron chi connectivity index (χ2n) is 5.97. The van der Waals surface area contributed by atoms with Gasteiger partial charge in [-0.25, -0.2) is 0 Å². The first-order valence-electron chi connectivity index (χ1n) is 7.30. The van der Waals surface area contributed by atoms with Gasteiger partial charge in [0, 0.05) is 19.5 Å². The molecule has 3 nitrogen and oxygen atoms in total. The zero-order valence-corrected chi connectivity index (χ0v) is 12.6. The number of benzene rings is 1. The fourth-order valence-electron chi connectivity index (χ4n) is 2.53. The Balaban J connectivity index is 1.93. The van der Waals surface area contributed by atoms with E-state index < -0.39 is 17.8 Å². The SMILES string of the molecule is CC(O)CCN(C)C(=O)C1CC1c1ccc(C(F)(F)F)cc1. The van der Waals surface area contributed by atoms with Gasteiger partial charge in [-0.2, -0.15) is 13.2 Å². The first-order valence-corrected chi connectivity index (χ1v) is 7.30. The van der Waals surface area contributed by atoms with Gasteiger partial charge < -0.3 is 10.0 Å². The number of carbonyl (C=O) groups excluding carboxylic acids is 1. The molecule has 1 fully saturated rings. The van der Waals surface area contributed by atoms with Crippen molar-refractivity contribution in [1.82, 2.24) is 4.90 Å². The molecule has 2 rings (SSSR count). The number of nitrogens with zero attached hydrogens (tertiary/aromatic N) is 1. The molecule has 1 saturated carbocycles. The highest BCUT2D eigenvalue weighted by Crippen LogP contribution is 2.48. The lowest BCUT2D eigenvalue weighted by Gasteiger charge is -2.18. The molecule has 0 radical (unpaired) electrons. The van der Waals surface area contributed by atoms with E-state index in [-0.39, 0.29) is 17.7 Å². The predicted molar refractivity (Wildman–Crippen MR) is 76.2 cm³/mol. The Morgan fingerprint density at radius 3 is 2.45 bits per heavy atom. The Hall–Kier alpha value is -1.56. The van der Waals surface area contributed by atoms with E-state index in [9.17, 15) is 23.1 Å². The van der Waals surface area contributed by atoms with Crippen molar-refractivity contribution in [2.75, 3.05) is 13.6 Å². The van der Waals surface area contributed by atoms with E-state index in [0.717, 1.165) is 17.7 Å². The van der Waals surface area contributed by atoms with Crippen LogP contribution < -0.4 is 0 Å². The molecule has 3 unspecified atom stereocenters. The summed E-state index contributed by atoms with van der Waals surface area (Å²) in [5.41, 5.74) is 0.101. The van der Waals surface area contributed by atoms with Crippen LogP contribution in [0.2, 0.25) is 0 Å². The molecule has 0 spiro atoms. The maximum atomic E-state index is 12.5. The number of aliphatic hydroxyl groups excluding tert-OH is 1. The molecule has 122 valence electrons. The van der Waals surface area contributed by atoms with Crippen molar-refractivity contribution in [1.29, 1.82) is 0 Å². The number of rotatable bonds is 5. The molecule has 0 heterocycles. The normalized spacial score (nSPS) is 22.3. The van der Waals surface area contributed by atoms with Gasteiger partial charge in [-0.05, 0) is 43.4 Å². The minimum atomic E-state index is -4.33. The van der Waals surface area contributed by atoms with Gasteiger partial charge in [-0.1, -0.05) is 12.1 Å². The summed E-state index contributed by atoms with van der Waals surface area (Å²) in [5.74, 6) is -0.162. The third-order valence-corrected chi connectivity index (χ3v) is 4.03. The molecule has 3 atom stereocenters. The number of alkyl halides is 3. The summed E-state index contributed by atoms with van der Waals surface area (Å²) in [6, 6.07) is 5.03. The van der Waals surface area contributed by atoms with Crippen LogP contribution in [0.1, 0.15) is 36.8 Å². The van der Waals surface area contributed by atoms with Crippen molar-refractivity contribution in [2.45, 2.75) is 38.0 Å². The van der Waals surface area contributed by atoms with Crippen molar-refractivity contribution in [2.24, 2.45) is 5.92 Å². The first-order chi connectivity index (χ1) is 10.2. The Kier molecular flexibility index (Phi) is 4.80. The van der Waals surface area contributed by atoms with Crippen molar-refractivity contribution >= 4 is 5.91 Å². The van der Waals surface area contributed by atoms with Crippen LogP contribution in [0.15, 0.2) is 24.3 Å². The summed E-state index contributed by atoms with van der Waals surface area (Å²) >= 11 is 0. The molecule has 1 aliphatic carbocycles. The fourth-order valence-corrected chi connectivity index (χ4v) is 2.53. The molecule has 1 N–H and O–H groups in total. The summed E-state index contributed by atoms with van der Waals surface area (Å²) in [4.78, 5) is 13.8. The lowest BCUT2D eigenvalue weighted by Crippen LogP contribution is -2.31. The van der Waals surface area contributed by atoms with Crippen molar-refractivity contribution in [3.05, 3.63) is 35.4 Å². The van der Waals surface area contributed by atoms with Crippen LogP contribution in [0.5, 0.6) is 0 Å². The Labute approximate surface area is 127 Å². The lowest BCUT2D eigenvalue weighted by molar-refractivity contribution is -0.137. The van der Waals surface area contributed by atoms with Crippen LogP contribution in [-0.4, -0.2) is 35.6 Å². The van der Waals surface area contributed by atoms with Crippen LogP contribution in [0, 0.1) is 5.92 Å². The average molecular weight is 315 g/mol. The summed E-state index contributed by atoms with van der Waals surface area (Å²) in [6.07, 6.45) is -3.61. The summed E-state index contributed by atoms with van der Waals surface area (Å²) in [5, 5.41) is 9.23. The monoisotopic (exact) mass is 315 g/mol. The van der Waals surface area contributed by atoms with E-state index >= 15 is 0 Å². The van der Waals surface area contributed by atoms with Gasteiger partial charge in [0.15, 0.2) is 0 Å². The Morgan fingerprint density at radius 1 is 1.36 bits per heavy atom. The molecule has 1 amide bonds. The Morgan fingerprint density at radius 2 is 1.95 bits per heavy atom. The average Bonchev–Trinajstić information content (AvgIpc) is 3.23. The van der Waals surface area contributed by atoms with Crippen molar-refractivity contribution in [3.63, 3.8) is 0 Å². The molecule has 1 aromatic carbocycles. The van der Waals surface area contributed by atoms with Gasteiger partial charge in [0.05, 0.1) is 11.7 Å². The van der Waals surface area contributed by atoms with Gasteiger partial charge in [0.1, 0.15) is 0 Å². The highest BCUT2D eigenvalue weighted by Gasteiger charge is 2.45. The topological polar surface area (TPSA) is 40.5 Å². The van der Waals surface area contributed by atoms with Crippen molar-refractivity contribution < 1.29 is 23.1 Å². The minimum absolute atomic E-state index is 0.00350. The maximum Gasteiger partial charge on any atom is 0.416 e. The third kappa shape index (κ3) is 4.00. The van der Waals surface area contributed by atoms with Crippen molar-refractivity contribution in [3.8, 4) is 0 Å². The zero-order chi connectivity index (χ0) is 16.5. The molecule has 1 aliphatic rings. The molecule has 22 heavy (non-hydrogen) atoms. The van der Waals surface area contributed by atoms with Gasteiger partial charge in [-0.3, -0.25) is 4.79 Å². The van der Waals surface area contributed by atoms with Crippen LogP contribution in [0.3, 0.4) is 0 Å². The molecule has 1 aromatic rings. The van der Waals surface area contributed by atoms with Gasteiger partial charge in [0.2, 0.25) is 5.91 Å². The van der Waals surface area contributed by atoms with Crippen LogP contribution >= 0.6 is 0 Å².